The van der Waals surface area contributed by atoms with E-state index in [0.29, 0.717) is 32.5 Å². The van der Waals surface area contributed by atoms with Crippen LogP contribution in [0.5, 0.6) is 0 Å². The highest BCUT2D eigenvalue weighted by atomic mass is 19.4. The fourth-order valence-corrected chi connectivity index (χ4v) is 2.49. The van der Waals surface area contributed by atoms with Gasteiger partial charge in [0.05, 0.1) is 12.0 Å². The first kappa shape index (κ1) is 16.2. The SMILES string of the molecule is CCCC1(C(=O)O)CCN(CCOCC(F)(F)F)C1. The molecule has 1 aliphatic rings. The molecule has 0 bridgehead atoms. The van der Waals surface area contributed by atoms with Crippen LogP contribution in [0.3, 0.4) is 0 Å². The summed E-state index contributed by atoms with van der Waals surface area (Å²) in [5, 5.41) is 9.28. The number of alkyl halides is 3. The number of hydrogen-bond acceptors (Lipinski definition) is 3. The molecule has 1 N–H and O–H groups in total. The molecule has 0 aliphatic carbocycles. The van der Waals surface area contributed by atoms with Crippen LogP contribution in [0.1, 0.15) is 26.2 Å². The van der Waals surface area contributed by atoms with Gasteiger partial charge < -0.3 is 9.84 Å². The monoisotopic (exact) mass is 283 g/mol. The van der Waals surface area contributed by atoms with E-state index in [9.17, 15) is 23.1 Å². The molecule has 1 atom stereocenters. The van der Waals surface area contributed by atoms with Crippen molar-refractivity contribution in [2.75, 3.05) is 32.8 Å². The van der Waals surface area contributed by atoms with E-state index in [0.717, 1.165) is 6.42 Å². The van der Waals surface area contributed by atoms with Gasteiger partial charge in [-0.05, 0) is 19.4 Å². The molecule has 112 valence electrons. The highest BCUT2D eigenvalue weighted by molar-refractivity contribution is 5.75. The molecule has 0 spiro atoms. The quantitative estimate of drug-likeness (QED) is 0.727. The van der Waals surface area contributed by atoms with Crippen LogP contribution in [-0.4, -0.2) is 55.0 Å². The van der Waals surface area contributed by atoms with E-state index < -0.39 is 24.2 Å². The number of carbonyl (C=O) groups is 1. The van der Waals surface area contributed by atoms with E-state index in [4.69, 9.17) is 0 Å². The van der Waals surface area contributed by atoms with Gasteiger partial charge in [-0.1, -0.05) is 13.3 Å². The molecule has 19 heavy (non-hydrogen) atoms. The van der Waals surface area contributed by atoms with Gasteiger partial charge in [-0.15, -0.1) is 0 Å². The Kier molecular flexibility index (Phi) is 5.61. The molecule has 0 aromatic rings. The Morgan fingerprint density at radius 1 is 1.47 bits per heavy atom. The molecule has 7 heteroatoms. The minimum Gasteiger partial charge on any atom is -0.481 e. The van der Waals surface area contributed by atoms with Crippen molar-refractivity contribution in [3.63, 3.8) is 0 Å². The molecule has 0 aromatic heterocycles. The van der Waals surface area contributed by atoms with Crippen molar-refractivity contribution in [3.8, 4) is 0 Å². The second-order valence-corrected chi connectivity index (χ2v) is 5.03. The predicted octanol–water partition coefficient (Wildman–Crippen LogP) is 2.14. The second-order valence-electron chi connectivity index (χ2n) is 5.03. The molecule has 1 unspecified atom stereocenters. The third-order valence-corrected chi connectivity index (χ3v) is 3.43. The van der Waals surface area contributed by atoms with Gasteiger partial charge in [0, 0.05) is 13.1 Å². The zero-order chi connectivity index (χ0) is 14.5. The summed E-state index contributed by atoms with van der Waals surface area (Å²) in [5.74, 6) is -0.812. The van der Waals surface area contributed by atoms with E-state index in [-0.39, 0.29) is 6.61 Å². The normalized spacial score (nSPS) is 24.8. The first-order valence-electron chi connectivity index (χ1n) is 6.39. The van der Waals surface area contributed by atoms with Gasteiger partial charge in [0.25, 0.3) is 0 Å². The molecule has 0 amide bonds. The molecule has 1 heterocycles. The fourth-order valence-electron chi connectivity index (χ4n) is 2.49. The largest absolute Gasteiger partial charge is 0.481 e. The van der Waals surface area contributed by atoms with Crippen molar-refractivity contribution in [3.05, 3.63) is 0 Å². The summed E-state index contributed by atoms with van der Waals surface area (Å²) < 4.78 is 40.1. The Morgan fingerprint density at radius 2 is 2.16 bits per heavy atom. The number of likely N-dealkylation sites (tertiary alicyclic amines) is 1. The summed E-state index contributed by atoms with van der Waals surface area (Å²) in [5.41, 5.74) is -0.737. The Bertz CT molecular complexity index is 309. The van der Waals surface area contributed by atoms with Crippen LogP contribution in [-0.2, 0) is 9.53 Å². The maximum absolute atomic E-state index is 11.9. The number of hydrogen-bond donors (Lipinski definition) is 1. The lowest BCUT2D eigenvalue weighted by molar-refractivity contribution is -0.174. The van der Waals surface area contributed by atoms with Gasteiger partial charge in [-0.25, -0.2) is 0 Å². The van der Waals surface area contributed by atoms with Crippen LogP contribution >= 0.6 is 0 Å². The molecule has 1 saturated heterocycles. The first-order valence-corrected chi connectivity index (χ1v) is 6.39. The van der Waals surface area contributed by atoms with Gasteiger partial charge in [-0.2, -0.15) is 13.2 Å². The summed E-state index contributed by atoms with van der Waals surface area (Å²) in [6.07, 6.45) is -2.37. The van der Waals surface area contributed by atoms with Crippen molar-refractivity contribution < 1.29 is 27.8 Å². The highest BCUT2D eigenvalue weighted by Gasteiger charge is 2.43. The molecule has 0 aromatic carbocycles. The van der Waals surface area contributed by atoms with Crippen molar-refractivity contribution in [1.82, 2.24) is 4.90 Å². The average molecular weight is 283 g/mol. The third kappa shape index (κ3) is 4.99. The Morgan fingerprint density at radius 3 is 2.68 bits per heavy atom. The summed E-state index contributed by atoms with van der Waals surface area (Å²) in [6, 6.07) is 0. The van der Waals surface area contributed by atoms with Crippen molar-refractivity contribution >= 4 is 5.97 Å². The Labute approximate surface area is 110 Å². The second kappa shape index (κ2) is 6.56. The number of ether oxygens (including phenoxy) is 1. The van der Waals surface area contributed by atoms with Crippen LogP contribution in [0.4, 0.5) is 13.2 Å². The number of rotatable bonds is 7. The molecule has 1 aliphatic heterocycles. The van der Waals surface area contributed by atoms with Crippen LogP contribution in [0.2, 0.25) is 0 Å². The first-order chi connectivity index (χ1) is 8.79. The van der Waals surface area contributed by atoms with E-state index in [1.54, 1.807) is 0 Å². The van der Waals surface area contributed by atoms with E-state index in [1.165, 1.54) is 0 Å². The molecular formula is C12H20F3NO3. The smallest absolute Gasteiger partial charge is 0.411 e. The molecule has 4 nitrogen and oxygen atoms in total. The highest BCUT2D eigenvalue weighted by Crippen LogP contribution is 2.35. The van der Waals surface area contributed by atoms with Gasteiger partial charge >= 0.3 is 12.1 Å². The van der Waals surface area contributed by atoms with Crippen molar-refractivity contribution in [1.29, 1.82) is 0 Å². The zero-order valence-corrected chi connectivity index (χ0v) is 11.0. The fraction of sp³-hybridized carbons (Fsp3) is 0.917. The van der Waals surface area contributed by atoms with Crippen LogP contribution in [0.15, 0.2) is 0 Å². The van der Waals surface area contributed by atoms with E-state index in [2.05, 4.69) is 4.74 Å². The minimum absolute atomic E-state index is 0.0265. The lowest BCUT2D eigenvalue weighted by Gasteiger charge is -2.24. The molecular weight excluding hydrogens is 263 g/mol. The van der Waals surface area contributed by atoms with Crippen LogP contribution < -0.4 is 0 Å². The number of carboxylic acids is 1. The van der Waals surface area contributed by atoms with E-state index >= 15 is 0 Å². The standard InChI is InChI=1S/C12H20F3NO3/c1-2-3-11(10(17)18)4-5-16(8-11)6-7-19-9-12(13,14)15/h2-9H2,1H3,(H,17,18). The summed E-state index contributed by atoms with van der Waals surface area (Å²) in [4.78, 5) is 13.2. The maximum Gasteiger partial charge on any atom is 0.411 e. The number of carboxylic acid groups (broad SMARTS) is 1. The summed E-state index contributed by atoms with van der Waals surface area (Å²) >= 11 is 0. The Hall–Kier alpha value is -0.820. The lowest BCUT2D eigenvalue weighted by Crippen LogP contribution is -2.35. The van der Waals surface area contributed by atoms with Gasteiger partial charge in [0.2, 0.25) is 0 Å². The average Bonchev–Trinajstić information content (AvgIpc) is 2.69. The third-order valence-electron chi connectivity index (χ3n) is 3.43. The zero-order valence-electron chi connectivity index (χ0n) is 11.0. The summed E-state index contributed by atoms with van der Waals surface area (Å²) in [7, 11) is 0. The number of halogens is 3. The Balaban J connectivity index is 2.33. The maximum atomic E-state index is 11.9. The van der Waals surface area contributed by atoms with Crippen LogP contribution in [0, 0.1) is 5.41 Å². The van der Waals surface area contributed by atoms with Gasteiger partial charge in [-0.3, -0.25) is 9.69 Å². The molecule has 1 rings (SSSR count). The van der Waals surface area contributed by atoms with Crippen molar-refractivity contribution in [2.45, 2.75) is 32.4 Å². The van der Waals surface area contributed by atoms with Crippen LogP contribution in [0.25, 0.3) is 0 Å². The number of aliphatic carboxylic acids is 1. The van der Waals surface area contributed by atoms with Crippen molar-refractivity contribution in [2.24, 2.45) is 5.41 Å². The molecule has 1 fully saturated rings. The number of nitrogens with zero attached hydrogens (tertiary/aromatic N) is 1. The molecule has 0 saturated carbocycles. The lowest BCUT2D eigenvalue weighted by atomic mass is 9.83. The van der Waals surface area contributed by atoms with Gasteiger partial charge in [0.15, 0.2) is 0 Å². The minimum atomic E-state index is -4.31. The predicted molar refractivity (Wildman–Crippen MR) is 62.9 cm³/mol. The molecule has 0 radical (unpaired) electrons. The summed E-state index contributed by atoms with van der Waals surface area (Å²) in [6.45, 7) is 1.99. The van der Waals surface area contributed by atoms with E-state index in [1.807, 2.05) is 11.8 Å². The van der Waals surface area contributed by atoms with Gasteiger partial charge in [0.1, 0.15) is 6.61 Å². The topological polar surface area (TPSA) is 49.8 Å².